The van der Waals surface area contributed by atoms with Crippen molar-refractivity contribution in [3.8, 4) is 17.1 Å². The lowest BCUT2D eigenvalue weighted by molar-refractivity contribution is 0.395. The van der Waals surface area contributed by atoms with E-state index in [4.69, 9.17) is 4.74 Å². The molecular formula is C21H17N3O2. The molecule has 0 aliphatic carbocycles. The van der Waals surface area contributed by atoms with E-state index in [0.29, 0.717) is 17.9 Å². The normalized spacial score (nSPS) is 10.8. The highest BCUT2D eigenvalue weighted by Crippen LogP contribution is 2.24. The highest BCUT2D eigenvalue weighted by molar-refractivity contribution is 5.80. The van der Waals surface area contributed by atoms with Gasteiger partial charge >= 0.3 is 0 Å². The largest absolute Gasteiger partial charge is 0.481 e. The van der Waals surface area contributed by atoms with E-state index in [1.807, 2.05) is 66.7 Å². The number of nitrogens with zero attached hydrogens (tertiary/aromatic N) is 2. The number of fused-ring (bicyclic) bond motifs is 1. The van der Waals surface area contributed by atoms with Crippen LogP contribution in [0.5, 0.6) is 5.88 Å². The second kappa shape index (κ2) is 6.80. The lowest BCUT2D eigenvalue weighted by Gasteiger charge is -2.10. The summed E-state index contributed by atoms with van der Waals surface area (Å²) in [5.74, 6) is 0.529. The van der Waals surface area contributed by atoms with Gasteiger partial charge in [0, 0.05) is 28.5 Å². The number of methoxy groups -OCH3 is 1. The quantitative estimate of drug-likeness (QED) is 0.615. The Morgan fingerprint density at radius 1 is 0.962 bits per heavy atom. The molecule has 2 aromatic carbocycles. The minimum Gasteiger partial charge on any atom is -0.481 e. The first kappa shape index (κ1) is 16.0. The number of hydrogen-bond donors (Lipinski definition) is 1. The van der Waals surface area contributed by atoms with E-state index in [-0.39, 0.29) is 5.56 Å². The van der Waals surface area contributed by atoms with E-state index in [1.54, 1.807) is 7.11 Å². The van der Waals surface area contributed by atoms with Crippen LogP contribution in [0.1, 0.15) is 11.1 Å². The molecule has 0 atom stereocenters. The third-order valence-corrected chi connectivity index (χ3v) is 4.29. The maximum absolute atomic E-state index is 12.3. The molecule has 5 nitrogen and oxygen atoms in total. The monoisotopic (exact) mass is 343 g/mol. The number of para-hydroxylation sites is 1. The van der Waals surface area contributed by atoms with Gasteiger partial charge in [-0.2, -0.15) is 5.10 Å². The Hall–Kier alpha value is -3.47. The van der Waals surface area contributed by atoms with E-state index in [2.05, 4.69) is 15.2 Å². The number of rotatable bonds is 4. The Balaban J connectivity index is 1.77. The van der Waals surface area contributed by atoms with Gasteiger partial charge in [-0.1, -0.05) is 48.5 Å². The summed E-state index contributed by atoms with van der Waals surface area (Å²) >= 11 is 0. The maximum Gasteiger partial charge on any atom is 0.267 e. The van der Waals surface area contributed by atoms with Crippen LogP contribution in [0.3, 0.4) is 0 Å². The number of H-pyrrole nitrogens is 1. The molecule has 0 radical (unpaired) electrons. The Labute approximate surface area is 150 Å². The second-order valence-corrected chi connectivity index (χ2v) is 6.00. The fourth-order valence-corrected chi connectivity index (χ4v) is 2.98. The van der Waals surface area contributed by atoms with Crippen molar-refractivity contribution in [1.82, 2.24) is 15.2 Å². The molecule has 2 aromatic heterocycles. The van der Waals surface area contributed by atoms with Crippen molar-refractivity contribution < 1.29 is 4.74 Å². The third kappa shape index (κ3) is 3.07. The van der Waals surface area contributed by atoms with Crippen LogP contribution in [-0.4, -0.2) is 22.3 Å². The van der Waals surface area contributed by atoms with Crippen molar-refractivity contribution in [2.75, 3.05) is 7.11 Å². The molecule has 0 bridgehead atoms. The first-order valence-electron chi connectivity index (χ1n) is 8.31. The first-order chi connectivity index (χ1) is 12.7. The molecule has 1 N–H and O–H groups in total. The minimum absolute atomic E-state index is 0.208. The fraction of sp³-hybridized carbons (Fsp3) is 0.0952. The summed E-state index contributed by atoms with van der Waals surface area (Å²) in [4.78, 5) is 16.8. The molecule has 26 heavy (non-hydrogen) atoms. The van der Waals surface area contributed by atoms with Gasteiger partial charge in [-0.25, -0.2) is 10.1 Å². The molecule has 0 saturated heterocycles. The van der Waals surface area contributed by atoms with Gasteiger partial charge in [-0.15, -0.1) is 0 Å². The molecule has 4 aromatic rings. The second-order valence-electron chi connectivity index (χ2n) is 6.00. The lowest BCUT2D eigenvalue weighted by Crippen LogP contribution is -2.15. The van der Waals surface area contributed by atoms with Gasteiger partial charge in [-0.3, -0.25) is 4.79 Å². The standard InChI is InChI=1S/C21H17N3O2/c1-26-21-17(11-15-9-5-6-10-18(15)22-21)12-16-13-19(23-24-20(16)25)14-7-3-2-4-8-14/h2-11,13H,12H2,1H3,(H,24,25). The minimum atomic E-state index is -0.208. The van der Waals surface area contributed by atoms with E-state index < -0.39 is 0 Å². The smallest absolute Gasteiger partial charge is 0.267 e. The Morgan fingerprint density at radius 3 is 2.54 bits per heavy atom. The van der Waals surface area contributed by atoms with E-state index in [0.717, 1.165) is 27.7 Å². The zero-order chi connectivity index (χ0) is 17.9. The number of aromatic nitrogens is 3. The van der Waals surface area contributed by atoms with Crippen molar-refractivity contribution in [1.29, 1.82) is 0 Å². The summed E-state index contributed by atoms with van der Waals surface area (Å²) in [5, 5.41) is 7.77. The highest BCUT2D eigenvalue weighted by Gasteiger charge is 2.12. The van der Waals surface area contributed by atoms with Crippen LogP contribution in [0.4, 0.5) is 0 Å². The molecular weight excluding hydrogens is 326 g/mol. The SMILES string of the molecule is COc1nc2ccccc2cc1Cc1cc(-c2ccccc2)n[nH]c1=O. The van der Waals surface area contributed by atoms with E-state index >= 15 is 0 Å². The van der Waals surface area contributed by atoms with Gasteiger partial charge in [0.2, 0.25) is 5.88 Å². The van der Waals surface area contributed by atoms with Crippen molar-refractivity contribution in [2.45, 2.75) is 6.42 Å². The van der Waals surface area contributed by atoms with Crippen LogP contribution in [0.25, 0.3) is 22.2 Å². The van der Waals surface area contributed by atoms with Crippen LogP contribution in [0.2, 0.25) is 0 Å². The van der Waals surface area contributed by atoms with E-state index in [1.165, 1.54) is 0 Å². The number of ether oxygens (including phenoxy) is 1. The molecule has 0 amide bonds. The maximum atomic E-state index is 12.3. The fourth-order valence-electron chi connectivity index (χ4n) is 2.98. The average Bonchev–Trinajstić information content (AvgIpc) is 2.69. The summed E-state index contributed by atoms with van der Waals surface area (Å²) in [6, 6.07) is 21.4. The highest BCUT2D eigenvalue weighted by atomic mass is 16.5. The predicted molar refractivity (Wildman–Crippen MR) is 101 cm³/mol. The van der Waals surface area contributed by atoms with Crippen molar-refractivity contribution in [3.05, 3.63) is 88.2 Å². The summed E-state index contributed by atoms with van der Waals surface area (Å²) in [7, 11) is 1.59. The molecule has 0 saturated carbocycles. The molecule has 5 heteroatoms. The average molecular weight is 343 g/mol. The van der Waals surface area contributed by atoms with Crippen LogP contribution in [0.15, 0.2) is 71.5 Å². The van der Waals surface area contributed by atoms with Gasteiger partial charge in [0.1, 0.15) is 0 Å². The van der Waals surface area contributed by atoms with Gasteiger partial charge in [0.25, 0.3) is 5.56 Å². The van der Waals surface area contributed by atoms with Crippen molar-refractivity contribution in [2.24, 2.45) is 0 Å². The van der Waals surface area contributed by atoms with Gasteiger partial charge in [0.05, 0.1) is 18.3 Å². The number of benzene rings is 2. The Kier molecular flexibility index (Phi) is 4.19. The van der Waals surface area contributed by atoms with Crippen LogP contribution in [-0.2, 0) is 6.42 Å². The third-order valence-electron chi connectivity index (χ3n) is 4.29. The first-order valence-corrected chi connectivity index (χ1v) is 8.31. The zero-order valence-corrected chi connectivity index (χ0v) is 14.3. The molecule has 0 fully saturated rings. The van der Waals surface area contributed by atoms with E-state index in [9.17, 15) is 4.79 Å². The summed E-state index contributed by atoms with van der Waals surface area (Å²) in [5.41, 5.74) is 3.82. The molecule has 0 aliphatic rings. The number of pyridine rings is 1. The molecule has 2 heterocycles. The Bertz CT molecular complexity index is 1120. The van der Waals surface area contributed by atoms with Gasteiger partial charge < -0.3 is 4.74 Å². The summed E-state index contributed by atoms with van der Waals surface area (Å²) in [6.45, 7) is 0. The molecule has 0 spiro atoms. The van der Waals surface area contributed by atoms with Gasteiger partial charge in [0.15, 0.2) is 0 Å². The molecule has 0 aliphatic heterocycles. The van der Waals surface area contributed by atoms with Crippen LogP contribution < -0.4 is 10.3 Å². The topological polar surface area (TPSA) is 67.9 Å². The number of nitrogens with one attached hydrogen (secondary N) is 1. The molecule has 0 unspecified atom stereocenters. The number of hydrogen-bond acceptors (Lipinski definition) is 4. The Morgan fingerprint density at radius 2 is 1.73 bits per heavy atom. The summed E-state index contributed by atoms with van der Waals surface area (Å²) < 4.78 is 5.44. The van der Waals surface area contributed by atoms with Gasteiger partial charge in [-0.05, 0) is 18.2 Å². The van der Waals surface area contributed by atoms with Crippen LogP contribution >= 0.6 is 0 Å². The van der Waals surface area contributed by atoms with Crippen molar-refractivity contribution in [3.63, 3.8) is 0 Å². The zero-order valence-electron chi connectivity index (χ0n) is 14.3. The van der Waals surface area contributed by atoms with Crippen molar-refractivity contribution >= 4 is 10.9 Å². The lowest BCUT2D eigenvalue weighted by atomic mass is 10.0. The molecule has 4 rings (SSSR count). The number of aromatic amines is 1. The molecule has 128 valence electrons. The predicted octanol–water partition coefficient (Wildman–Crippen LogP) is 3.58. The van der Waals surface area contributed by atoms with Crippen LogP contribution in [0, 0.1) is 0 Å². The summed E-state index contributed by atoms with van der Waals surface area (Å²) in [6.07, 6.45) is 0.415.